The minimum Gasteiger partial charge on any atom is -0.465 e. The van der Waals surface area contributed by atoms with Crippen molar-refractivity contribution in [2.24, 2.45) is 5.92 Å². The third-order valence-electron chi connectivity index (χ3n) is 5.22. The fourth-order valence-electron chi connectivity index (χ4n) is 3.77. The van der Waals surface area contributed by atoms with Crippen LogP contribution in [0.4, 0.5) is 5.69 Å². The van der Waals surface area contributed by atoms with Crippen LogP contribution in [0, 0.1) is 5.92 Å². The summed E-state index contributed by atoms with van der Waals surface area (Å²) in [5, 5.41) is 0. The number of quaternary nitrogens is 1. The van der Waals surface area contributed by atoms with Gasteiger partial charge in [0, 0.05) is 11.3 Å². The highest BCUT2D eigenvalue weighted by Gasteiger charge is 2.25. The van der Waals surface area contributed by atoms with Crippen LogP contribution in [0.15, 0.2) is 48.5 Å². The Morgan fingerprint density at radius 2 is 1.84 bits per heavy atom. The summed E-state index contributed by atoms with van der Waals surface area (Å²) < 4.78 is 4.90. The molecule has 0 bridgehead atoms. The number of benzene rings is 2. The molecule has 0 spiro atoms. The molecule has 3 rings (SSSR count). The van der Waals surface area contributed by atoms with Crippen LogP contribution >= 0.6 is 0 Å². The molecule has 1 aliphatic heterocycles. The average Bonchev–Trinajstić information content (AvgIpc) is 2.65. The van der Waals surface area contributed by atoms with Gasteiger partial charge in [-0.25, -0.2) is 4.79 Å². The van der Waals surface area contributed by atoms with Crippen molar-refractivity contribution >= 4 is 11.7 Å². The van der Waals surface area contributed by atoms with Crippen LogP contribution in [0.25, 0.3) is 0 Å². The van der Waals surface area contributed by atoms with E-state index in [0.717, 1.165) is 37.5 Å². The van der Waals surface area contributed by atoms with Gasteiger partial charge in [-0.3, -0.25) is 0 Å². The summed E-state index contributed by atoms with van der Waals surface area (Å²) in [5.41, 5.74) is 9.77. The molecule has 0 saturated carbocycles. The van der Waals surface area contributed by atoms with Gasteiger partial charge in [0.05, 0.1) is 25.8 Å². The first-order chi connectivity index (χ1) is 12.2. The fourth-order valence-corrected chi connectivity index (χ4v) is 3.77. The molecule has 25 heavy (non-hydrogen) atoms. The second-order valence-corrected chi connectivity index (χ2v) is 6.92. The Bertz CT molecular complexity index is 707. The van der Waals surface area contributed by atoms with E-state index >= 15 is 0 Å². The Labute approximate surface area is 149 Å². The molecule has 4 heteroatoms. The number of hydrogen-bond acceptors (Lipinski definition) is 3. The maximum atomic E-state index is 12.0. The maximum Gasteiger partial charge on any atom is 0.338 e. The third kappa shape index (κ3) is 4.40. The van der Waals surface area contributed by atoms with E-state index in [1.54, 1.807) is 6.07 Å². The van der Waals surface area contributed by atoms with E-state index in [1.807, 2.05) is 12.1 Å². The normalized spacial score (nSPS) is 20.2. The molecule has 0 atom stereocenters. The van der Waals surface area contributed by atoms with E-state index in [9.17, 15) is 4.79 Å². The first kappa shape index (κ1) is 17.5. The van der Waals surface area contributed by atoms with Crippen molar-refractivity contribution in [3.63, 3.8) is 0 Å². The first-order valence-corrected chi connectivity index (χ1v) is 9.00. The van der Waals surface area contributed by atoms with Crippen LogP contribution in [0.3, 0.4) is 0 Å². The number of piperidine rings is 1. The minimum absolute atomic E-state index is 0.305. The lowest BCUT2D eigenvalue weighted by Gasteiger charge is -2.30. The van der Waals surface area contributed by atoms with Crippen LogP contribution in [0.5, 0.6) is 0 Å². The van der Waals surface area contributed by atoms with Gasteiger partial charge in [-0.15, -0.1) is 0 Å². The quantitative estimate of drug-likeness (QED) is 0.648. The van der Waals surface area contributed by atoms with E-state index in [2.05, 4.69) is 30.3 Å². The maximum absolute atomic E-state index is 12.0. The molecular weight excluding hydrogens is 312 g/mol. The van der Waals surface area contributed by atoms with Crippen molar-refractivity contribution in [3.8, 4) is 0 Å². The summed E-state index contributed by atoms with van der Waals surface area (Å²) in [4.78, 5) is 13.5. The van der Waals surface area contributed by atoms with E-state index in [4.69, 9.17) is 10.5 Å². The molecule has 0 radical (unpaired) electrons. The number of rotatable bonds is 5. The van der Waals surface area contributed by atoms with Gasteiger partial charge in [0.25, 0.3) is 0 Å². The lowest BCUT2D eigenvalue weighted by molar-refractivity contribution is -0.919. The summed E-state index contributed by atoms with van der Waals surface area (Å²) in [6, 6.07) is 16.2. The molecule has 1 saturated heterocycles. The number of ether oxygens (including phenoxy) is 1. The van der Waals surface area contributed by atoms with Crippen molar-refractivity contribution in [3.05, 3.63) is 65.2 Å². The van der Waals surface area contributed by atoms with Crippen LogP contribution in [0.2, 0.25) is 0 Å². The number of nitrogens with one attached hydrogen (secondary N) is 1. The van der Waals surface area contributed by atoms with E-state index in [-0.39, 0.29) is 5.97 Å². The molecule has 2 aromatic carbocycles. The summed E-state index contributed by atoms with van der Waals surface area (Å²) in [7, 11) is 1.41. The van der Waals surface area contributed by atoms with Crippen LogP contribution < -0.4 is 10.6 Å². The Hall–Kier alpha value is -2.33. The average molecular weight is 339 g/mol. The van der Waals surface area contributed by atoms with Crippen LogP contribution in [-0.2, 0) is 17.7 Å². The molecule has 1 heterocycles. The second kappa shape index (κ2) is 8.17. The van der Waals surface area contributed by atoms with Crippen molar-refractivity contribution in [2.75, 3.05) is 25.9 Å². The molecule has 0 unspecified atom stereocenters. The predicted molar refractivity (Wildman–Crippen MR) is 99.5 cm³/mol. The summed E-state index contributed by atoms with van der Waals surface area (Å²) in [5.74, 6) is 0.444. The van der Waals surface area contributed by atoms with Gasteiger partial charge >= 0.3 is 5.97 Å². The number of hydrogen-bond donors (Lipinski definition) is 2. The zero-order valence-electron chi connectivity index (χ0n) is 14.8. The number of anilines is 1. The number of nitrogens with two attached hydrogens (primary N) is 1. The van der Waals surface area contributed by atoms with Gasteiger partial charge in [-0.05, 0) is 42.9 Å². The highest BCUT2D eigenvalue weighted by molar-refractivity contribution is 5.92. The third-order valence-corrected chi connectivity index (χ3v) is 5.22. The van der Waals surface area contributed by atoms with E-state index < -0.39 is 0 Å². The zero-order valence-corrected chi connectivity index (χ0v) is 14.8. The smallest absolute Gasteiger partial charge is 0.338 e. The van der Waals surface area contributed by atoms with Gasteiger partial charge in [-0.1, -0.05) is 36.4 Å². The lowest BCUT2D eigenvalue weighted by Crippen LogP contribution is -3.11. The van der Waals surface area contributed by atoms with Crippen LogP contribution in [-0.4, -0.2) is 26.2 Å². The largest absolute Gasteiger partial charge is 0.465 e. The van der Waals surface area contributed by atoms with Crippen molar-refractivity contribution < 1.29 is 14.4 Å². The molecular formula is C21H27N2O2+. The Kier molecular flexibility index (Phi) is 5.71. The molecule has 1 fully saturated rings. The summed E-state index contributed by atoms with van der Waals surface area (Å²) >= 11 is 0. The Morgan fingerprint density at radius 3 is 2.52 bits per heavy atom. The fraction of sp³-hybridized carbons (Fsp3) is 0.381. The standard InChI is InChI=1S/C21H26N2O2/c1-25-21(24)18-8-5-9-20(22)19(18)15-23-12-10-17(11-13-23)14-16-6-3-2-4-7-16/h2-9,17H,10-15,22H2,1H3/p+1. The van der Waals surface area contributed by atoms with E-state index in [1.165, 1.54) is 30.4 Å². The highest BCUT2D eigenvalue weighted by Crippen LogP contribution is 2.19. The number of likely N-dealkylation sites (tertiary alicyclic amines) is 1. The first-order valence-electron chi connectivity index (χ1n) is 9.00. The van der Waals surface area contributed by atoms with Crippen LogP contribution in [0.1, 0.15) is 34.3 Å². The topological polar surface area (TPSA) is 56.8 Å². The molecule has 2 aromatic rings. The molecule has 0 aliphatic carbocycles. The zero-order chi connectivity index (χ0) is 17.6. The second-order valence-electron chi connectivity index (χ2n) is 6.92. The van der Waals surface area contributed by atoms with E-state index in [0.29, 0.717) is 11.3 Å². The van der Waals surface area contributed by atoms with Gasteiger partial charge < -0.3 is 15.4 Å². The van der Waals surface area contributed by atoms with Gasteiger partial charge in [-0.2, -0.15) is 0 Å². The molecule has 0 amide bonds. The Morgan fingerprint density at radius 1 is 1.12 bits per heavy atom. The van der Waals surface area contributed by atoms with Crippen molar-refractivity contribution in [1.82, 2.24) is 0 Å². The molecule has 0 aromatic heterocycles. The number of methoxy groups -OCH3 is 1. The lowest BCUT2D eigenvalue weighted by atomic mass is 9.90. The van der Waals surface area contributed by atoms with Crippen molar-refractivity contribution in [1.29, 1.82) is 0 Å². The highest BCUT2D eigenvalue weighted by atomic mass is 16.5. The number of esters is 1. The SMILES string of the molecule is COC(=O)c1cccc(N)c1C[NH+]1CCC(Cc2ccccc2)CC1. The summed E-state index contributed by atoms with van der Waals surface area (Å²) in [6.07, 6.45) is 3.59. The molecule has 1 aliphatic rings. The number of carbonyl (C=O) groups excluding carboxylic acids is 1. The molecule has 4 nitrogen and oxygen atoms in total. The number of carbonyl (C=O) groups is 1. The summed E-state index contributed by atoms with van der Waals surface area (Å²) in [6.45, 7) is 3.02. The minimum atomic E-state index is -0.305. The Balaban J connectivity index is 1.60. The van der Waals surface area contributed by atoms with Crippen molar-refractivity contribution in [2.45, 2.75) is 25.8 Å². The monoisotopic (exact) mass is 339 g/mol. The molecule has 3 N–H and O–H groups in total. The van der Waals surface area contributed by atoms with Gasteiger partial charge in [0.2, 0.25) is 0 Å². The van der Waals surface area contributed by atoms with Gasteiger partial charge in [0.15, 0.2) is 0 Å². The predicted octanol–water partition coefficient (Wildman–Crippen LogP) is 2.09. The number of nitrogen functional groups attached to an aromatic ring is 1. The van der Waals surface area contributed by atoms with Gasteiger partial charge in [0.1, 0.15) is 6.54 Å². The molecule has 132 valence electrons.